The highest BCUT2D eigenvalue weighted by atomic mass is 16.6. The number of Topliss-reactive ketones (excluding diaryl/α,β-unsaturated/α-hetero) is 1. The maximum Gasteiger partial charge on any atom is 0.374 e. The molecule has 4 N–H and O–H groups in total. The van der Waals surface area contributed by atoms with Gasteiger partial charge in [0.1, 0.15) is 23.9 Å². The van der Waals surface area contributed by atoms with Crippen molar-refractivity contribution in [2.75, 3.05) is 6.61 Å². The van der Waals surface area contributed by atoms with Crippen LogP contribution in [0.4, 0.5) is 0 Å². The molecule has 0 aromatic carbocycles. The first-order valence-corrected chi connectivity index (χ1v) is 12.7. The predicted octanol–water partition coefficient (Wildman–Crippen LogP) is 0.675. The van der Waals surface area contributed by atoms with Gasteiger partial charge >= 0.3 is 11.9 Å². The van der Waals surface area contributed by atoms with Gasteiger partial charge in [-0.05, 0) is 37.1 Å². The Balaban J connectivity index is 1.82. The minimum atomic E-state index is -2.10. The number of carbonyl (C=O) groups excluding carboxylic acids is 3. The summed E-state index contributed by atoms with van der Waals surface area (Å²) in [5.41, 5.74) is -6.55. The van der Waals surface area contributed by atoms with Crippen LogP contribution in [0.1, 0.15) is 58.0 Å². The third-order valence-corrected chi connectivity index (χ3v) is 9.66. The first-order chi connectivity index (χ1) is 17.6. The molecule has 0 amide bonds. The molecule has 4 aliphatic rings. The largest absolute Gasteiger partial charge is 0.457 e. The summed E-state index contributed by atoms with van der Waals surface area (Å²) in [7, 11) is 0. The van der Waals surface area contributed by atoms with Crippen LogP contribution in [0.5, 0.6) is 0 Å². The Morgan fingerprint density at radius 1 is 1.16 bits per heavy atom. The summed E-state index contributed by atoms with van der Waals surface area (Å²) in [5, 5.41) is 46.5. The molecule has 0 radical (unpaired) electrons. The van der Waals surface area contributed by atoms with E-state index in [-0.39, 0.29) is 30.8 Å². The number of rotatable bonds is 3. The molecule has 1 aromatic rings. The maximum absolute atomic E-state index is 14.2. The Hall–Kier alpha value is -2.57. The molecular formula is C27H34O11. The zero-order valence-electron chi connectivity index (χ0n) is 22.0. The second kappa shape index (κ2) is 8.46. The summed E-state index contributed by atoms with van der Waals surface area (Å²) >= 11 is 0. The lowest BCUT2D eigenvalue weighted by Gasteiger charge is -2.67. The van der Waals surface area contributed by atoms with E-state index in [2.05, 4.69) is 0 Å². The third-order valence-electron chi connectivity index (χ3n) is 9.66. The summed E-state index contributed by atoms with van der Waals surface area (Å²) in [6.07, 6.45) is -6.14. The summed E-state index contributed by atoms with van der Waals surface area (Å²) in [6, 6.07) is 2.85. The van der Waals surface area contributed by atoms with Crippen LogP contribution >= 0.6 is 0 Å². The van der Waals surface area contributed by atoms with Crippen molar-refractivity contribution in [2.24, 2.45) is 16.7 Å². The van der Waals surface area contributed by atoms with Crippen LogP contribution in [0.25, 0.3) is 0 Å². The second-order valence-corrected chi connectivity index (χ2v) is 11.8. The van der Waals surface area contributed by atoms with Crippen LogP contribution in [0.3, 0.4) is 0 Å². The maximum atomic E-state index is 14.2. The monoisotopic (exact) mass is 534 g/mol. The van der Waals surface area contributed by atoms with Gasteiger partial charge in [0.15, 0.2) is 11.4 Å². The van der Waals surface area contributed by atoms with Gasteiger partial charge < -0.3 is 39.1 Å². The molecule has 1 saturated heterocycles. The molecule has 1 aliphatic heterocycles. The van der Waals surface area contributed by atoms with Crippen LogP contribution in [-0.2, 0) is 23.8 Å². The van der Waals surface area contributed by atoms with E-state index in [1.54, 1.807) is 20.8 Å². The molecule has 11 heteroatoms. The molecule has 0 unspecified atom stereocenters. The first-order valence-electron chi connectivity index (χ1n) is 12.7. The summed E-state index contributed by atoms with van der Waals surface area (Å²) in [4.78, 5) is 39.9. The van der Waals surface area contributed by atoms with E-state index < -0.39 is 76.2 Å². The number of ether oxygens (including phenoxy) is 3. The number of fused-ring (bicyclic) bond motifs is 5. The van der Waals surface area contributed by atoms with Crippen molar-refractivity contribution in [1.82, 2.24) is 0 Å². The van der Waals surface area contributed by atoms with E-state index in [0.717, 1.165) is 0 Å². The van der Waals surface area contributed by atoms with Gasteiger partial charge in [-0.2, -0.15) is 0 Å². The number of hydrogen-bond acceptors (Lipinski definition) is 11. The van der Waals surface area contributed by atoms with Gasteiger partial charge in [0.2, 0.25) is 5.76 Å². The van der Waals surface area contributed by atoms with Gasteiger partial charge in [-0.15, -0.1) is 0 Å². The number of aliphatic hydroxyl groups excluding tert-OH is 3. The Bertz CT molecular complexity index is 1200. The highest BCUT2D eigenvalue weighted by Gasteiger charge is 2.77. The quantitative estimate of drug-likeness (QED) is 0.317. The van der Waals surface area contributed by atoms with Crippen LogP contribution in [0.2, 0.25) is 0 Å². The van der Waals surface area contributed by atoms with Crippen LogP contribution < -0.4 is 0 Å². The Kier molecular flexibility index (Phi) is 6.02. The fourth-order valence-electron chi connectivity index (χ4n) is 7.47. The fraction of sp³-hybridized carbons (Fsp3) is 0.667. The molecule has 208 valence electrons. The number of furan rings is 1. The average Bonchev–Trinajstić information content (AvgIpc) is 3.37. The van der Waals surface area contributed by atoms with Crippen molar-refractivity contribution in [2.45, 2.75) is 89.2 Å². The van der Waals surface area contributed by atoms with E-state index in [0.29, 0.717) is 5.57 Å². The normalized spacial score (nSPS) is 43.7. The van der Waals surface area contributed by atoms with Crippen LogP contribution in [0.15, 0.2) is 34.0 Å². The summed E-state index contributed by atoms with van der Waals surface area (Å²) in [6.45, 7) is 7.17. The fourth-order valence-corrected chi connectivity index (χ4v) is 7.47. The van der Waals surface area contributed by atoms with Gasteiger partial charge in [-0.3, -0.25) is 9.59 Å². The lowest BCUT2D eigenvalue weighted by molar-refractivity contribution is -0.346. The number of esters is 2. The minimum Gasteiger partial charge on any atom is -0.457 e. The predicted molar refractivity (Wildman–Crippen MR) is 127 cm³/mol. The van der Waals surface area contributed by atoms with Gasteiger partial charge in [0.25, 0.3) is 0 Å². The number of carbonyl (C=O) groups is 3. The van der Waals surface area contributed by atoms with Gasteiger partial charge in [0, 0.05) is 25.2 Å². The third kappa shape index (κ3) is 3.29. The molecule has 2 bridgehead atoms. The number of hydrogen-bond donors (Lipinski definition) is 4. The standard InChI is InChI=1S/C27H34O11/c1-12-14(29)10-27(34)22(37-23(33)15-7-6-8-35-15)20-25(5,21(32)19(31)18(12)24(27,3)4)16(30)9-17-26(20,11-36-17)38-13(2)28/h6-8,14,16-17,19-20,22,29-31,34H,9-11H2,1-5H3/t14-,16-,17+,19+,20-,22-,25+,26-,27+/m0/s1. The lowest BCUT2D eigenvalue weighted by atomic mass is 9.44. The van der Waals surface area contributed by atoms with E-state index >= 15 is 0 Å². The Morgan fingerprint density at radius 2 is 1.84 bits per heavy atom. The molecule has 1 aromatic heterocycles. The molecular weight excluding hydrogens is 500 g/mol. The molecule has 3 aliphatic carbocycles. The zero-order chi connectivity index (χ0) is 28.0. The van der Waals surface area contributed by atoms with Gasteiger partial charge in [-0.1, -0.05) is 13.8 Å². The Morgan fingerprint density at radius 3 is 2.39 bits per heavy atom. The van der Waals surface area contributed by atoms with E-state index in [1.165, 1.54) is 32.2 Å². The van der Waals surface area contributed by atoms with Crippen molar-refractivity contribution in [1.29, 1.82) is 0 Å². The smallest absolute Gasteiger partial charge is 0.374 e. The van der Waals surface area contributed by atoms with Crippen molar-refractivity contribution in [3.63, 3.8) is 0 Å². The topological polar surface area (TPSA) is 173 Å². The number of aliphatic hydroxyl groups is 4. The van der Waals surface area contributed by atoms with E-state index in [4.69, 9.17) is 18.6 Å². The van der Waals surface area contributed by atoms with Crippen molar-refractivity contribution >= 4 is 17.7 Å². The van der Waals surface area contributed by atoms with Crippen LogP contribution in [-0.4, -0.2) is 86.5 Å². The molecule has 2 heterocycles. The summed E-state index contributed by atoms with van der Waals surface area (Å²) < 4.78 is 22.7. The molecule has 11 nitrogen and oxygen atoms in total. The Labute approximate surface area is 219 Å². The van der Waals surface area contributed by atoms with Gasteiger partial charge in [-0.25, -0.2) is 4.79 Å². The molecule has 9 atom stereocenters. The highest BCUT2D eigenvalue weighted by molar-refractivity contribution is 5.93. The van der Waals surface area contributed by atoms with Crippen molar-refractivity contribution in [3.05, 3.63) is 35.3 Å². The first kappa shape index (κ1) is 27.0. The van der Waals surface area contributed by atoms with E-state index in [1.807, 2.05) is 0 Å². The highest BCUT2D eigenvalue weighted by Crippen LogP contribution is 2.63. The average molecular weight is 535 g/mol. The molecule has 38 heavy (non-hydrogen) atoms. The van der Waals surface area contributed by atoms with E-state index in [9.17, 15) is 34.8 Å². The number of ketones is 1. The molecule has 2 saturated carbocycles. The van der Waals surface area contributed by atoms with Crippen LogP contribution in [0, 0.1) is 16.7 Å². The second-order valence-electron chi connectivity index (χ2n) is 11.8. The molecule has 3 fully saturated rings. The summed E-state index contributed by atoms with van der Waals surface area (Å²) in [5.74, 6) is -4.00. The lowest BCUT2D eigenvalue weighted by Crippen LogP contribution is -2.81. The minimum absolute atomic E-state index is 0.0863. The van der Waals surface area contributed by atoms with Crippen molar-refractivity contribution in [3.8, 4) is 0 Å². The van der Waals surface area contributed by atoms with Crippen molar-refractivity contribution < 1.29 is 53.4 Å². The zero-order valence-corrected chi connectivity index (χ0v) is 22.0. The van der Waals surface area contributed by atoms with Gasteiger partial charge in [0.05, 0.1) is 36.4 Å². The molecule has 0 spiro atoms. The SMILES string of the molecule is CC(=O)O[C@@]12CO[C@@H]1C[C@H](O)[C@@]1(C)C(=O)[C@H](O)C3=C(C)[C@@H](O)C[C@@](O)([C@@H](OC(=O)c4ccco4)[C@H]21)C3(C)C. The molecule has 5 rings (SSSR count).